The smallest absolute Gasteiger partial charge is 0.183 e. The van der Waals surface area contributed by atoms with Crippen molar-refractivity contribution in [3.63, 3.8) is 0 Å². The lowest BCUT2D eigenvalue weighted by Crippen LogP contribution is -2.67. The van der Waals surface area contributed by atoms with E-state index < -0.39 is 60.9 Å². The molecule has 1 heterocycles. The van der Waals surface area contributed by atoms with Gasteiger partial charge in [0.1, 0.15) is 18.3 Å². The van der Waals surface area contributed by atoms with Gasteiger partial charge in [-0.1, -0.05) is 0 Å². The predicted molar refractivity (Wildman–Crippen MR) is 72.5 cm³/mol. The lowest BCUT2D eigenvalue weighted by atomic mass is 9.79. The Bertz CT molecular complexity index is 370. The molecule has 1 saturated heterocycles. The van der Waals surface area contributed by atoms with Gasteiger partial charge in [-0.05, 0) is 13.3 Å². The number of hydrogen-bond acceptors (Lipinski definition) is 9. The third-order valence-electron chi connectivity index (χ3n) is 4.66. The van der Waals surface area contributed by atoms with E-state index in [0.717, 1.165) is 0 Å². The van der Waals surface area contributed by atoms with Crippen molar-refractivity contribution in [3.8, 4) is 0 Å². The van der Waals surface area contributed by atoms with Crippen LogP contribution in [0.15, 0.2) is 0 Å². The number of aliphatic hydroxyl groups is 7. The summed E-state index contributed by atoms with van der Waals surface area (Å²) < 4.78 is 5.10. The molecule has 130 valence electrons. The van der Waals surface area contributed by atoms with E-state index in [2.05, 4.69) is 5.32 Å². The topological polar surface area (TPSA) is 163 Å². The molecule has 2 aliphatic rings. The van der Waals surface area contributed by atoms with Crippen LogP contribution in [-0.2, 0) is 4.74 Å². The van der Waals surface area contributed by atoms with Crippen LogP contribution in [0.25, 0.3) is 0 Å². The van der Waals surface area contributed by atoms with E-state index in [1.807, 2.05) is 0 Å². The maximum atomic E-state index is 10.1. The molecule has 10 atom stereocenters. The van der Waals surface area contributed by atoms with Gasteiger partial charge in [0.15, 0.2) is 6.29 Å². The summed E-state index contributed by atoms with van der Waals surface area (Å²) in [6, 6.07) is -1.51. The van der Waals surface area contributed by atoms with Crippen molar-refractivity contribution in [1.82, 2.24) is 5.32 Å². The lowest BCUT2D eigenvalue weighted by molar-refractivity contribution is -0.256. The molecule has 22 heavy (non-hydrogen) atoms. The highest BCUT2D eigenvalue weighted by atomic mass is 16.6. The van der Waals surface area contributed by atoms with Crippen molar-refractivity contribution in [3.05, 3.63) is 0 Å². The van der Waals surface area contributed by atoms with E-state index in [4.69, 9.17) is 4.74 Å². The maximum absolute atomic E-state index is 10.1. The van der Waals surface area contributed by atoms with Gasteiger partial charge < -0.3 is 45.8 Å². The highest BCUT2D eigenvalue weighted by Gasteiger charge is 2.47. The Hall–Kier alpha value is -0.360. The zero-order chi connectivity index (χ0) is 16.6. The predicted octanol–water partition coefficient (Wildman–Crippen LogP) is -4.13. The molecule has 0 radical (unpaired) electrons. The van der Waals surface area contributed by atoms with Gasteiger partial charge in [0, 0.05) is 18.6 Å². The molecule has 9 nitrogen and oxygen atoms in total. The van der Waals surface area contributed by atoms with Crippen LogP contribution >= 0.6 is 0 Å². The van der Waals surface area contributed by atoms with E-state index in [9.17, 15) is 35.7 Å². The molecule has 0 amide bonds. The highest BCUT2D eigenvalue weighted by Crippen LogP contribution is 2.28. The Labute approximate surface area is 127 Å². The van der Waals surface area contributed by atoms with Gasteiger partial charge in [-0.2, -0.15) is 0 Å². The fourth-order valence-electron chi connectivity index (χ4n) is 3.20. The van der Waals surface area contributed by atoms with Crippen LogP contribution in [0.1, 0.15) is 13.3 Å². The fourth-order valence-corrected chi connectivity index (χ4v) is 3.20. The molecule has 0 bridgehead atoms. The Balaban J connectivity index is 2.08. The van der Waals surface area contributed by atoms with Crippen LogP contribution in [0, 0.1) is 5.92 Å². The lowest BCUT2D eigenvalue weighted by Gasteiger charge is -2.45. The standard InChI is InChI=1S/C13H25NO8/c1-4-7(10(18)12(20)13(21)22-4)14-6-2-5(3-15)8(16)11(19)9(6)17/h4-21H,2-3H2,1H3/t4-,5+,6+,7+,8-,9+,10+,11+,12-,13+/m1/s1. The van der Waals surface area contributed by atoms with Crippen molar-refractivity contribution in [2.24, 2.45) is 5.92 Å². The molecular weight excluding hydrogens is 298 g/mol. The van der Waals surface area contributed by atoms with E-state index in [1.54, 1.807) is 6.92 Å². The third kappa shape index (κ3) is 3.28. The molecule has 0 aromatic carbocycles. The van der Waals surface area contributed by atoms with Gasteiger partial charge in [0.2, 0.25) is 0 Å². The summed E-state index contributed by atoms with van der Waals surface area (Å²) in [6.45, 7) is 1.23. The number of nitrogens with one attached hydrogen (secondary N) is 1. The first-order chi connectivity index (χ1) is 10.3. The highest BCUT2D eigenvalue weighted by molar-refractivity contribution is 5.00. The minimum atomic E-state index is -1.50. The van der Waals surface area contributed by atoms with Gasteiger partial charge in [-0.15, -0.1) is 0 Å². The molecule has 2 fully saturated rings. The van der Waals surface area contributed by atoms with Crippen molar-refractivity contribution in [1.29, 1.82) is 0 Å². The third-order valence-corrected chi connectivity index (χ3v) is 4.66. The molecule has 0 aromatic heterocycles. The van der Waals surface area contributed by atoms with E-state index in [-0.39, 0.29) is 13.0 Å². The van der Waals surface area contributed by atoms with Crippen LogP contribution in [-0.4, -0.2) is 97.4 Å². The average Bonchev–Trinajstić information content (AvgIpc) is 2.49. The number of aliphatic hydroxyl groups excluding tert-OH is 7. The molecule has 0 unspecified atom stereocenters. The van der Waals surface area contributed by atoms with Crippen LogP contribution in [0.5, 0.6) is 0 Å². The first-order valence-corrected chi connectivity index (χ1v) is 7.38. The molecule has 0 aromatic rings. The van der Waals surface area contributed by atoms with Crippen molar-refractivity contribution in [2.45, 2.75) is 68.3 Å². The summed E-state index contributed by atoms with van der Waals surface area (Å²) in [6.07, 6.45) is -8.80. The first kappa shape index (κ1) is 18.0. The summed E-state index contributed by atoms with van der Waals surface area (Å²) in [5, 5.41) is 70.9. The van der Waals surface area contributed by atoms with Crippen molar-refractivity contribution < 1.29 is 40.5 Å². The molecule has 2 rings (SSSR count). The van der Waals surface area contributed by atoms with Crippen molar-refractivity contribution in [2.75, 3.05) is 6.61 Å². The van der Waals surface area contributed by atoms with E-state index in [1.165, 1.54) is 0 Å². The van der Waals surface area contributed by atoms with Crippen LogP contribution in [0.4, 0.5) is 0 Å². The molecular formula is C13H25NO8. The van der Waals surface area contributed by atoms with Crippen molar-refractivity contribution >= 4 is 0 Å². The Morgan fingerprint density at radius 2 is 1.55 bits per heavy atom. The fraction of sp³-hybridized carbons (Fsp3) is 1.00. The molecule has 8 N–H and O–H groups in total. The first-order valence-electron chi connectivity index (χ1n) is 7.38. The Kier molecular flexibility index (Phi) is 5.75. The molecule has 1 aliphatic carbocycles. The Morgan fingerprint density at radius 3 is 2.14 bits per heavy atom. The maximum Gasteiger partial charge on any atom is 0.183 e. The van der Waals surface area contributed by atoms with Gasteiger partial charge in [0.05, 0.1) is 24.4 Å². The van der Waals surface area contributed by atoms with Gasteiger partial charge in [-0.25, -0.2) is 0 Å². The molecule has 0 spiro atoms. The molecule has 1 aliphatic heterocycles. The average molecular weight is 323 g/mol. The van der Waals surface area contributed by atoms with E-state index in [0.29, 0.717) is 0 Å². The van der Waals surface area contributed by atoms with Crippen LogP contribution in [0.2, 0.25) is 0 Å². The van der Waals surface area contributed by atoms with Gasteiger partial charge in [-0.3, -0.25) is 0 Å². The molecule has 9 heteroatoms. The molecule has 1 saturated carbocycles. The minimum absolute atomic E-state index is 0.171. The SMILES string of the molecule is C[C@H]1O[C@H](O)[C@H](O)[C@@H](O)[C@H]1N[C@H]1C[C@@H](CO)[C@@H](O)[C@H](O)[C@H]1O. The monoisotopic (exact) mass is 323 g/mol. The second kappa shape index (κ2) is 7.04. The quantitative estimate of drug-likeness (QED) is 0.258. The number of rotatable bonds is 3. The normalized spacial score (nSPS) is 53.5. The Morgan fingerprint density at radius 1 is 0.909 bits per heavy atom. The zero-order valence-electron chi connectivity index (χ0n) is 12.2. The second-order valence-electron chi connectivity index (χ2n) is 6.16. The zero-order valence-corrected chi connectivity index (χ0v) is 12.2. The minimum Gasteiger partial charge on any atom is -0.396 e. The summed E-state index contributed by atoms with van der Waals surface area (Å²) >= 11 is 0. The summed E-state index contributed by atoms with van der Waals surface area (Å²) in [7, 11) is 0. The van der Waals surface area contributed by atoms with Gasteiger partial charge >= 0.3 is 0 Å². The summed E-state index contributed by atoms with van der Waals surface area (Å²) in [5.74, 6) is -0.622. The van der Waals surface area contributed by atoms with Gasteiger partial charge in [0.25, 0.3) is 0 Å². The van der Waals surface area contributed by atoms with Crippen LogP contribution < -0.4 is 5.32 Å². The largest absolute Gasteiger partial charge is 0.396 e. The summed E-state index contributed by atoms with van der Waals surface area (Å²) in [5.41, 5.74) is 0. The summed E-state index contributed by atoms with van der Waals surface area (Å²) in [4.78, 5) is 0. The number of hydrogen-bond donors (Lipinski definition) is 8. The van der Waals surface area contributed by atoms with E-state index >= 15 is 0 Å². The van der Waals surface area contributed by atoms with Crippen LogP contribution in [0.3, 0.4) is 0 Å². The number of ether oxygens (including phenoxy) is 1. The second-order valence-corrected chi connectivity index (χ2v) is 6.16.